The average Bonchev–Trinajstić information content (AvgIpc) is 2.66. The van der Waals surface area contributed by atoms with Crippen molar-refractivity contribution in [3.63, 3.8) is 0 Å². The average molecular weight is 266 g/mol. The minimum atomic E-state index is -2.95. The maximum absolute atomic E-state index is 11.1. The van der Waals surface area contributed by atoms with Crippen molar-refractivity contribution in [2.45, 2.75) is 13.0 Å². The Morgan fingerprint density at radius 2 is 2.22 bits per heavy atom. The van der Waals surface area contributed by atoms with Gasteiger partial charge in [0.05, 0.1) is 5.75 Å². The van der Waals surface area contributed by atoms with E-state index in [4.69, 9.17) is 0 Å². The predicted octanol–water partition coefficient (Wildman–Crippen LogP) is 1.28. The molecule has 0 saturated heterocycles. The molecule has 2 aromatic rings. The van der Waals surface area contributed by atoms with Gasteiger partial charge in [0.15, 0.2) is 6.29 Å². The Balaban J connectivity index is 2.26. The van der Waals surface area contributed by atoms with E-state index >= 15 is 0 Å². The van der Waals surface area contributed by atoms with Crippen molar-refractivity contribution in [2.75, 3.05) is 12.0 Å². The lowest BCUT2D eigenvalue weighted by Gasteiger charge is -2.03. The Bertz CT molecular complexity index is 674. The number of aromatic nitrogens is 2. The van der Waals surface area contributed by atoms with E-state index in [0.717, 1.165) is 11.7 Å². The topological polar surface area (TPSA) is 69.0 Å². The van der Waals surface area contributed by atoms with Crippen molar-refractivity contribution >= 4 is 27.2 Å². The molecule has 0 bridgehead atoms. The monoisotopic (exact) mass is 266 g/mol. The number of rotatable bonds is 5. The third-order valence-corrected chi connectivity index (χ3v) is 3.74. The van der Waals surface area contributed by atoms with Gasteiger partial charge in [-0.3, -0.25) is 4.79 Å². The number of carbonyl (C=O) groups is 1. The van der Waals surface area contributed by atoms with E-state index in [1.807, 2.05) is 10.6 Å². The van der Waals surface area contributed by atoms with Crippen LogP contribution in [0.25, 0.3) is 11.0 Å². The van der Waals surface area contributed by atoms with E-state index < -0.39 is 9.84 Å². The Kier molecular flexibility index (Phi) is 3.47. The molecule has 0 spiro atoms. The largest absolute Gasteiger partial charge is 0.332 e. The van der Waals surface area contributed by atoms with Gasteiger partial charge in [0.25, 0.3) is 0 Å². The molecule has 0 aliphatic rings. The van der Waals surface area contributed by atoms with Crippen LogP contribution in [0.15, 0.2) is 24.5 Å². The number of aldehydes is 1. The van der Waals surface area contributed by atoms with Crippen LogP contribution in [0, 0.1) is 0 Å². The molecule has 96 valence electrons. The number of aryl methyl sites for hydroxylation is 1. The van der Waals surface area contributed by atoms with Crippen molar-refractivity contribution in [1.82, 2.24) is 9.55 Å². The summed E-state index contributed by atoms with van der Waals surface area (Å²) in [6.07, 6.45) is 5.89. The van der Waals surface area contributed by atoms with Gasteiger partial charge in [0.1, 0.15) is 15.5 Å². The van der Waals surface area contributed by atoms with Crippen molar-refractivity contribution in [3.8, 4) is 0 Å². The molecule has 0 aromatic carbocycles. The first-order chi connectivity index (χ1) is 8.51. The molecule has 6 heteroatoms. The molecule has 2 rings (SSSR count). The second kappa shape index (κ2) is 4.89. The van der Waals surface area contributed by atoms with Crippen LogP contribution < -0.4 is 0 Å². The summed E-state index contributed by atoms with van der Waals surface area (Å²) in [5.74, 6) is 0.135. The van der Waals surface area contributed by atoms with E-state index in [2.05, 4.69) is 4.98 Å². The maximum Gasteiger partial charge on any atom is 0.152 e. The van der Waals surface area contributed by atoms with E-state index in [1.165, 1.54) is 6.26 Å². The van der Waals surface area contributed by atoms with Crippen molar-refractivity contribution < 1.29 is 13.2 Å². The number of sulfone groups is 1. The first-order valence-corrected chi connectivity index (χ1v) is 7.64. The van der Waals surface area contributed by atoms with Crippen LogP contribution in [-0.4, -0.2) is 36.3 Å². The summed E-state index contributed by atoms with van der Waals surface area (Å²) in [5, 5.41) is 0.798. The Hall–Kier alpha value is -1.69. The fourth-order valence-corrected chi connectivity index (χ4v) is 2.56. The van der Waals surface area contributed by atoms with Crippen LogP contribution >= 0.6 is 0 Å². The molecule has 2 heterocycles. The van der Waals surface area contributed by atoms with Gasteiger partial charge in [-0.25, -0.2) is 13.4 Å². The van der Waals surface area contributed by atoms with Crippen LogP contribution in [-0.2, 0) is 16.4 Å². The number of pyridine rings is 1. The summed E-state index contributed by atoms with van der Waals surface area (Å²) < 4.78 is 24.0. The molecule has 0 aliphatic carbocycles. The second-order valence-corrected chi connectivity index (χ2v) is 6.51. The van der Waals surface area contributed by atoms with Crippen LogP contribution in [0.4, 0.5) is 0 Å². The summed E-state index contributed by atoms with van der Waals surface area (Å²) in [4.78, 5) is 15.1. The van der Waals surface area contributed by atoms with Gasteiger partial charge in [-0.2, -0.15) is 0 Å². The molecule has 0 saturated carbocycles. The second-order valence-electron chi connectivity index (χ2n) is 4.25. The quantitative estimate of drug-likeness (QED) is 0.764. The number of hydrogen-bond donors (Lipinski definition) is 0. The molecular formula is C12H14N2O3S. The normalized spacial score (nSPS) is 11.8. The van der Waals surface area contributed by atoms with Crippen LogP contribution in [0.2, 0.25) is 0 Å². The molecule has 0 amide bonds. The van der Waals surface area contributed by atoms with E-state index in [-0.39, 0.29) is 5.75 Å². The smallest absolute Gasteiger partial charge is 0.152 e. The van der Waals surface area contributed by atoms with Gasteiger partial charge in [0, 0.05) is 36.1 Å². The minimum absolute atomic E-state index is 0.135. The fourth-order valence-electron chi connectivity index (χ4n) is 1.91. The highest BCUT2D eigenvalue weighted by Gasteiger charge is 2.09. The van der Waals surface area contributed by atoms with Crippen molar-refractivity contribution in [3.05, 3.63) is 30.1 Å². The number of hydrogen-bond acceptors (Lipinski definition) is 4. The van der Waals surface area contributed by atoms with Gasteiger partial charge in [-0.15, -0.1) is 0 Å². The van der Waals surface area contributed by atoms with Gasteiger partial charge in [0.2, 0.25) is 0 Å². The molecule has 18 heavy (non-hydrogen) atoms. The summed E-state index contributed by atoms with van der Waals surface area (Å²) in [6.45, 7) is 0.536. The number of nitrogens with zero attached hydrogens (tertiary/aromatic N) is 2. The highest BCUT2D eigenvalue weighted by Crippen LogP contribution is 2.18. The fraction of sp³-hybridized carbons (Fsp3) is 0.333. The number of fused-ring (bicyclic) bond motifs is 1. The van der Waals surface area contributed by atoms with Gasteiger partial charge in [-0.05, 0) is 18.6 Å². The Morgan fingerprint density at radius 1 is 1.44 bits per heavy atom. The Morgan fingerprint density at radius 3 is 2.89 bits per heavy atom. The first kappa shape index (κ1) is 12.8. The molecule has 0 N–H and O–H groups in total. The molecule has 0 radical (unpaired) electrons. The predicted molar refractivity (Wildman–Crippen MR) is 69.4 cm³/mol. The molecule has 5 nitrogen and oxygen atoms in total. The van der Waals surface area contributed by atoms with Crippen molar-refractivity contribution in [2.24, 2.45) is 0 Å². The SMILES string of the molecule is CS(=O)(=O)CCCn1cc(C=O)c2cccnc21. The van der Waals surface area contributed by atoms with E-state index in [0.29, 0.717) is 24.2 Å². The third-order valence-electron chi connectivity index (χ3n) is 2.71. The van der Waals surface area contributed by atoms with Gasteiger partial charge < -0.3 is 4.57 Å². The summed E-state index contributed by atoms with van der Waals surface area (Å²) in [6, 6.07) is 3.61. The lowest BCUT2D eigenvalue weighted by atomic mass is 10.2. The van der Waals surface area contributed by atoms with Crippen LogP contribution in [0.5, 0.6) is 0 Å². The highest BCUT2D eigenvalue weighted by atomic mass is 32.2. The standard InChI is InChI=1S/C12H14N2O3S/c1-18(16,17)7-3-6-14-8-10(9-15)11-4-2-5-13-12(11)14/h2,4-5,8-9H,3,6-7H2,1H3. The summed E-state index contributed by atoms with van der Waals surface area (Å²) in [5.41, 5.74) is 1.30. The molecule has 2 aromatic heterocycles. The summed E-state index contributed by atoms with van der Waals surface area (Å²) >= 11 is 0. The van der Waals surface area contributed by atoms with Crippen molar-refractivity contribution in [1.29, 1.82) is 0 Å². The first-order valence-electron chi connectivity index (χ1n) is 5.58. The lowest BCUT2D eigenvalue weighted by molar-refractivity contribution is 0.112. The van der Waals surface area contributed by atoms with Gasteiger partial charge in [-0.1, -0.05) is 0 Å². The number of carbonyl (C=O) groups excluding carboxylic acids is 1. The van der Waals surface area contributed by atoms with E-state index in [9.17, 15) is 13.2 Å². The Labute approximate surface area is 105 Å². The molecule has 0 aliphatic heterocycles. The molecule has 0 unspecified atom stereocenters. The zero-order chi connectivity index (χ0) is 13.2. The zero-order valence-electron chi connectivity index (χ0n) is 10.0. The van der Waals surface area contributed by atoms with Crippen LogP contribution in [0.3, 0.4) is 0 Å². The molecule has 0 fully saturated rings. The minimum Gasteiger partial charge on any atom is -0.332 e. The summed E-state index contributed by atoms with van der Waals surface area (Å²) in [7, 11) is -2.95. The molecular weight excluding hydrogens is 252 g/mol. The third kappa shape index (κ3) is 2.76. The molecule has 0 atom stereocenters. The zero-order valence-corrected chi connectivity index (χ0v) is 10.9. The van der Waals surface area contributed by atoms with E-state index in [1.54, 1.807) is 18.5 Å². The van der Waals surface area contributed by atoms with Crippen LogP contribution in [0.1, 0.15) is 16.8 Å². The lowest BCUT2D eigenvalue weighted by Crippen LogP contribution is -2.07. The van der Waals surface area contributed by atoms with Gasteiger partial charge >= 0.3 is 0 Å². The maximum atomic E-state index is 11.1. The highest BCUT2D eigenvalue weighted by molar-refractivity contribution is 7.90.